The Morgan fingerprint density at radius 2 is 2.11 bits per heavy atom. The van der Waals surface area contributed by atoms with Crippen LogP contribution < -0.4 is 11.1 Å². The fraction of sp³-hybridized carbons (Fsp3) is 0.636. The first-order valence-corrected chi connectivity index (χ1v) is 6.56. The monoisotopic (exact) mass is 295 g/mol. The number of nitrogens with one attached hydrogen (secondary N) is 1. The van der Waals surface area contributed by atoms with Gasteiger partial charge in [-0.2, -0.15) is 13.2 Å². The van der Waals surface area contributed by atoms with Crippen molar-refractivity contribution in [3.05, 3.63) is 16.1 Å². The molecule has 1 aromatic rings. The Morgan fingerprint density at radius 1 is 1.53 bits per heavy atom. The van der Waals surface area contributed by atoms with E-state index in [1.54, 1.807) is 6.92 Å². The van der Waals surface area contributed by atoms with Crippen LogP contribution >= 0.6 is 11.3 Å². The highest BCUT2D eigenvalue weighted by atomic mass is 32.1. The van der Waals surface area contributed by atoms with Gasteiger partial charge in [0.15, 0.2) is 5.69 Å². The van der Waals surface area contributed by atoms with E-state index in [1.165, 1.54) is 13.8 Å². The number of amides is 1. The van der Waals surface area contributed by atoms with Crippen LogP contribution in [0.3, 0.4) is 0 Å². The zero-order chi connectivity index (χ0) is 14.8. The molecular weight excluding hydrogens is 279 g/mol. The number of hydrogen-bond donors (Lipinski definition) is 2. The molecule has 0 aliphatic heterocycles. The van der Waals surface area contributed by atoms with Crippen LogP contribution in [0, 0.1) is 0 Å². The van der Waals surface area contributed by atoms with Crippen LogP contribution in [0.15, 0.2) is 5.38 Å². The van der Waals surface area contributed by atoms with E-state index in [4.69, 9.17) is 5.73 Å². The molecule has 0 fully saturated rings. The molecule has 1 unspecified atom stereocenters. The van der Waals surface area contributed by atoms with Crippen molar-refractivity contribution >= 4 is 17.2 Å². The zero-order valence-corrected chi connectivity index (χ0v) is 11.7. The van der Waals surface area contributed by atoms with Gasteiger partial charge in [0.25, 0.3) is 0 Å². The molecule has 1 amide bonds. The molecule has 0 aliphatic rings. The van der Waals surface area contributed by atoms with Crippen molar-refractivity contribution in [1.29, 1.82) is 0 Å². The highest BCUT2D eigenvalue weighted by Crippen LogP contribution is 2.32. The van der Waals surface area contributed by atoms with Crippen LogP contribution in [0.25, 0.3) is 0 Å². The molecule has 1 aromatic heterocycles. The minimum absolute atomic E-state index is 0.229. The van der Waals surface area contributed by atoms with Crippen molar-refractivity contribution in [3.8, 4) is 0 Å². The number of nitrogens with two attached hydrogens (primary N) is 1. The Hall–Kier alpha value is -1.15. The molecule has 19 heavy (non-hydrogen) atoms. The molecule has 3 N–H and O–H groups in total. The number of hydrogen-bond acceptors (Lipinski definition) is 4. The third kappa shape index (κ3) is 4.17. The number of alkyl halides is 3. The SMILES string of the molecule is CCC(NC(=O)C(C)(C)N)c1nc(C(F)(F)F)cs1. The second-order valence-corrected chi connectivity index (χ2v) is 5.61. The molecule has 1 heterocycles. The van der Waals surface area contributed by atoms with Gasteiger partial charge in [0.1, 0.15) is 5.01 Å². The van der Waals surface area contributed by atoms with Gasteiger partial charge < -0.3 is 11.1 Å². The Kier molecular flexibility index (Phi) is 4.57. The quantitative estimate of drug-likeness (QED) is 0.896. The molecule has 0 aliphatic carbocycles. The normalized spacial score (nSPS) is 14.3. The maximum atomic E-state index is 12.5. The lowest BCUT2D eigenvalue weighted by Crippen LogP contribution is -2.50. The molecule has 4 nitrogen and oxygen atoms in total. The van der Waals surface area contributed by atoms with Gasteiger partial charge in [-0.1, -0.05) is 6.92 Å². The fourth-order valence-electron chi connectivity index (χ4n) is 1.26. The summed E-state index contributed by atoms with van der Waals surface area (Å²) in [5, 5.41) is 3.78. The first-order valence-electron chi connectivity index (χ1n) is 5.68. The average Bonchev–Trinajstić information content (AvgIpc) is 2.72. The zero-order valence-electron chi connectivity index (χ0n) is 10.8. The molecule has 1 atom stereocenters. The predicted molar refractivity (Wildman–Crippen MR) is 66.6 cm³/mol. The first kappa shape index (κ1) is 15.9. The van der Waals surface area contributed by atoms with Crippen LogP contribution in [0.4, 0.5) is 13.2 Å². The third-order valence-electron chi connectivity index (χ3n) is 2.41. The number of rotatable bonds is 4. The number of carbonyl (C=O) groups is 1. The summed E-state index contributed by atoms with van der Waals surface area (Å²) < 4.78 is 37.4. The smallest absolute Gasteiger partial charge is 0.345 e. The van der Waals surface area contributed by atoms with E-state index in [0.29, 0.717) is 6.42 Å². The molecule has 0 bridgehead atoms. The lowest BCUT2D eigenvalue weighted by Gasteiger charge is -2.22. The van der Waals surface area contributed by atoms with Crippen LogP contribution in [-0.4, -0.2) is 16.4 Å². The van der Waals surface area contributed by atoms with Gasteiger partial charge in [-0.25, -0.2) is 4.98 Å². The van der Waals surface area contributed by atoms with Crippen molar-refractivity contribution < 1.29 is 18.0 Å². The minimum atomic E-state index is -4.47. The summed E-state index contributed by atoms with van der Waals surface area (Å²) in [6.45, 7) is 4.80. The van der Waals surface area contributed by atoms with E-state index >= 15 is 0 Å². The molecule has 1 rings (SSSR count). The summed E-state index contributed by atoms with van der Waals surface area (Å²) in [7, 11) is 0. The van der Waals surface area contributed by atoms with Crippen LogP contribution in [0.2, 0.25) is 0 Å². The molecule has 0 saturated carbocycles. The van der Waals surface area contributed by atoms with Crippen molar-refractivity contribution in [2.75, 3.05) is 0 Å². The molecule has 108 valence electrons. The predicted octanol–water partition coefficient (Wildman–Crippen LogP) is 2.47. The summed E-state index contributed by atoms with van der Waals surface area (Å²) in [5.74, 6) is -0.428. The number of aromatic nitrogens is 1. The standard InChI is InChI=1S/C11H16F3N3OS/c1-4-6(16-9(18)10(2,3)15)8-17-7(5-19-8)11(12,13)14/h5-6H,4,15H2,1-3H3,(H,16,18). The largest absolute Gasteiger partial charge is 0.434 e. The topological polar surface area (TPSA) is 68.0 Å². The highest BCUT2D eigenvalue weighted by molar-refractivity contribution is 7.09. The molecule has 0 spiro atoms. The van der Waals surface area contributed by atoms with E-state index in [1.807, 2.05) is 0 Å². The number of nitrogens with zero attached hydrogens (tertiary/aromatic N) is 1. The second-order valence-electron chi connectivity index (χ2n) is 4.72. The number of thiazole rings is 1. The van der Waals surface area contributed by atoms with E-state index in [0.717, 1.165) is 16.7 Å². The van der Waals surface area contributed by atoms with Crippen molar-refractivity contribution in [1.82, 2.24) is 10.3 Å². The summed E-state index contributed by atoms with van der Waals surface area (Å²) in [6.07, 6.45) is -4.03. The van der Waals surface area contributed by atoms with E-state index in [2.05, 4.69) is 10.3 Å². The summed E-state index contributed by atoms with van der Waals surface area (Å²) in [5.41, 5.74) is 3.60. The summed E-state index contributed by atoms with van der Waals surface area (Å²) in [4.78, 5) is 15.3. The van der Waals surface area contributed by atoms with E-state index in [-0.39, 0.29) is 5.01 Å². The minimum Gasteiger partial charge on any atom is -0.345 e. The van der Waals surface area contributed by atoms with Gasteiger partial charge in [-0.3, -0.25) is 4.79 Å². The second kappa shape index (κ2) is 5.46. The highest BCUT2D eigenvalue weighted by Gasteiger charge is 2.35. The van der Waals surface area contributed by atoms with Gasteiger partial charge >= 0.3 is 6.18 Å². The van der Waals surface area contributed by atoms with Gasteiger partial charge in [0, 0.05) is 5.38 Å². The van der Waals surface area contributed by atoms with Crippen molar-refractivity contribution in [2.45, 2.75) is 44.9 Å². The van der Waals surface area contributed by atoms with Gasteiger partial charge in [-0.05, 0) is 20.3 Å². The number of carbonyl (C=O) groups excluding carboxylic acids is 1. The first-order chi connectivity index (χ1) is 8.55. The Morgan fingerprint density at radius 3 is 2.47 bits per heavy atom. The van der Waals surface area contributed by atoms with Gasteiger partial charge in [0.2, 0.25) is 5.91 Å². The maximum Gasteiger partial charge on any atom is 0.434 e. The molecule has 0 aromatic carbocycles. The van der Waals surface area contributed by atoms with Gasteiger partial charge in [-0.15, -0.1) is 11.3 Å². The van der Waals surface area contributed by atoms with Crippen molar-refractivity contribution in [3.63, 3.8) is 0 Å². The van der Waals surface area contributed by atoms with E-state index < -0.39 is 29.4 Å². The van der Waals surface area contributed by atoms with Crippen LogP contribution in [0.5, 0.6) is 0 Å². The third-order valence-corrected chi connectivity index (χ3v) is 3.37. The molecule has 8 heteroatoms. The Balaban J connectivity index is 2.87. The molecular formula is C11H16F3N3OS. The fourth-order valence-corrected chi connectivity index (χ4v) is 2.22. The molecule has 0 radical (unpaired) electrons. The molecule has 0 saturated heterocycles. The Bertz CT molecular complexity index is 451. The summed E-state index contributed by atoms with van der Waals surface area (Å²) >= 11 is 0.875. The number of halogens is 3. The lowest BCUT2D eigenvalue weighted by atomic mass is 10.1. The average molecular weight is 295 g/mol. The lowest BCUT2D eigenvalue weighted by molar-refractivity contribution is -0.140. The van der Waals surface area contributed by atoms with Crippen LogP contribution in [-0.2, 0) is 11.0 Å². The van der Waals surface area contributed by atoms with Crippen molar-refractivity contribution in [2.24, 2.45) is 5.73 Å². The van der Waals surface area contributed by atoms with E-state index in [9.17, 15) is 18.0 Å². The summed E-state index contributed by atoms with van der Waals surface area (Å²) in [6, 6.07) is -0.559. The van der Waals surface area contributed by atoms with Gasteiger partial charge in [0.05, 0.1) is 11.6 Å². The maximum absolute atomic E-state index is 12.5. The Labute approximate surface area is 113 Å². The van der Waals surface area contributed by atoms with Crippen LogP contribution in [0.1, 0.15) is 43.9 Å².